The molecule has 2 aromatic rings. The molecule has 5 nitrogen and oxygen atoms in total. The Bertz CT molecular complexity index is 754. The number of benzene rings is 1. The lowest BCUT2D eigenvalue weighted by atomic mass is 10.1. The van der Waals surface area contributed by atoms with Crippen LogP contribution in [0.15, 0.2) is 30.3 Å². The van der Waals surface area contributed by atoms with Gasteiger partial charge in [-0.05, 0) is 45.7 Å². The van der Waals surface area contributed by atoms with E-state index in [1.54, 1.807) is 24.1 Å². The van der Waals surface area contributed by atoms with E-state index in [1.165, 1.54) is 12.8 Å². The Morgan fingerprint density at radius 1 is 1.33 bits per heavy atom. The van der Waals surface area contributed by atoms with Gasteiger partial charge in [-0.2, -0.15) is 5.10 Å². The van der Waals surface area contributed by atoms with Crippen LogP contribution < -0.4 is 0 Å². The van der Waals surface area contributed by atoms with Crippen LogP contribution in [0, 0.1) is 0 Å². The lowest BCUT2D eigenvalue weighted by molar-refractivity contribution is 0.0776. The van der Waals surface area contributed by atoms with Crippen molar-refractivity contribution in [3.05, 3.63) is 47.3 Å². The minimum absolute atomic E-state index is 0.122. The van der Waals surface area contributed by atoms with Gasteiger partial charge in [0.05, 0.1) is 5.54 Å². The van der Waals surface area contributed by atoms with Gasteiger partial charge in [0, 0.05) is 30.8 Å². The number of para-hydroxylation sites is 1. The summed E-state index contributed by atoms with van der Waals surface area (Å²) in [5.41, 5.74) is 2.21. The molecule has 1 amide bonds. The summed E-state index contributed by atoms with van der Waals surface area (Å²) in [4.78, 5) is 14.4. The number of aromatic hydroxyl groups is 1. The number of hydrogen-bond donors (Lipinski definition) is 1. The highest BCUT2D eigenvalue weighted by atomic mass is 16.3. The Labute approximate surface area is 142 Å². The van der Waals surface area contributed by atoms with Crippen LogP contribution in [-0.4, -0.2) is 32.7 Å². The molecular weight excluding hydrogens is 302 g/mol. The van der Waals surface area contributed by atoms with Crippen molar-refractivity contribution in [3.8, 4) is 5.75 Å². The van der Waals surface area contributed by atoms with Crippen molar-refractivity contribution in [2.24, 2.45) is 0 Å². The van der Waals surface area contributed by atoms with E-state index in [4.69, 9.17) is 0 Å². The van der Waals surface area contributed by atoms with Crippen LogP contribution in [0.25, 0.3) is 0 Å². The number of carbonyl (C=O) groups excluding carboxylic acids is 1. The SMILES string of the molecule is CN(Cc1ccccc1O)C(=O)c1cc(C2CC2)n(C(C)(C)C)n1. The summed E-state index contributed by atoms with van der Waals surface area (Å²) in [6.45, 7) is 6.66. The Morgan fingerprint density at radius 2 is 2.00 bits per heavy atom. The first-order chi connectivity index (χ1) is 11.3. The van der Waals surface area contributed by atoms with Gasteiger partial charge in [-0.1, -0.05) is 18.2 Å². The number of carbonyl (C=O) groups is 1. The summed E-state index contributed by atoms with van der Waals surface area (Å²) < 4.78 is 1.99. The second-order valence-electron chi connectivity index (χ2n) is 7.60. The summed E-state index contributed by atoms with van der Waals surface area (Å²) >= 11 is 0. The van der Waals surface area contributed by atoms with E-state index in [9.17, 15) is 9.90 Å². The van der Waals surface area contributed by atoms with Crippen LogP contribution in [0.3, 0.4) is 0 Å². The highest BCUT2D eigenvalue weighted by molar-refractivity contribution is 5.92. The average molecular weight is 327 g/mol. The van der Waals surface area contributed by atoms with Crippen LogP contribution in [-0.2, 0) is 12.1 Å². The van der Waals surface area contributed by atoms with Crippen LogP contribution >= 0.6 is 0 Å². The standard InChI is InChI=1S/C19H25N3O2/c1-19(2,3)22-16(13-9-10-13)11-15(20-22)18(24)21(4)12-14-7-5-6-8-17(14)23/h5-8,11,13,23H,9-10,12H2,1-4H3. The van der Waals surface area contributed by atoms with Gasteiger partial charge in [-0.3, -0.25) is 9.48 Å². The van der Waals surface area contributed by atoms with Gasteiger partial charge in [0.15, 0.2) is 5.69 Å². The summed E-state index contributed by atoms with van der Waals surface area (Å²) in [5.74, 6) is 0.612. The smallest absolute Gasteiger partial charge is 0.274 e. The third-order valence-corrected chi connectivity index (χ3v) is 4.33. The topological polar surface area (TPSA) is 58.4 Å². The van der Waals surface area contributed by atoms with Crippen LogP contribution in [0.2, 0.25) is 0 Å². The molecule has 24 heavy (non-hydrogen) atoms. The lowest BCUT2D eigenvalue weighted by Crippen LogP contribution is -2.28. The van der Waals surface area contributed by atoms with Crippen molar-refractivity contribution < 1.29 is 9.90 Å². The van der Waals surface area contributed by atoms with Crippen molar-refractivity contribution in [1.29, 1.82) is 0 Å². The fourth-order valence-electron chi connectivity index (χ4n) is 2.87. The Kier molecular flexibility index (Phi) is 4.11. The fraction of sp³-hybridized carbons (Fsp3) is 0.474. The molecule has 0 unspecified atom stereocenters. The Morgan fingerprint density at radius 3 is 2.58 bits per heavy atom. The highest BCUT2D eigenvalue weighted by Gasteiger charge is 2.33. The minimum Gasteiger partial charge on any atom is -0.508 e. The molecule has 0 atom stereocenters. The van der Waals surface area contributed by atoms with Crippen molar-refractivity contribution in [2.45, 2.75) is 51.6 Å². The highest BCUT2D eigenvalue weighted by Crippen LogP contribution is 2.41. The zero-order chi connectivity index (χ0) is 17.5. The van der Waals surface area contributed by atoms with Crippen LogP contribution in [0.1, 0.15) is 61.3 Å². The number of amides is 1. The predicted octanol–water partition coefficient (Wildman–Crippen LogP) is 3.49. The monoisotopic (exact) mass is 327 g/mol. The number of phenolic OH excluding ortho intramolecular Hbond substituents is 1. The summed E-state index contributed by atoms with van der Waals surface area (Å²) in [5, 5.41) is 14.5. The van der Waals surface area contributed by atoms with Gasteiger partial charge in [-0.15, -0.1) is 0 Å². The molecule has 5 heteroatoms. The zero-order valence-electron chi connectivity index (χ0n) is 14.8. The Balaban J connectivity index is 1.83. The second kappa shape index (κ2) is 5.96. The third kappa shape index (κ3) is 3.30. The largest absolute Gasteiger partial charge is 0.508 e. The van der Waals surface area contributed by atoms with Gasteiger partial charge >= 0.3 is 0 Å². The van der Waals surface area contributed by atoms with Gasteiger partial charge in [0.2, 0.25) is 0 Å². The first-order valence-electron chi connectivity index (χ1n) is 8.40. The molecule has 1 aromatic carbocycles. The van der Waals surface area contributed by atoms with E-state index in [0.29, 0.717) is 18.2 Å². The van der Waals surface area contributed by atoms with Gasteiger partial charge < -0.3 is 10.0 Å². The second-order valence-corrected chi connectivity index (χ2v) is 7.60. The van der Waals surface area contributed by atoms with E-state index in [2.05, 4.69) is 25.9 Å². The molecule has 0 radical (unpaired) electrons. The number of nitrogens with zero attached hydrogens (tertiary/aromatic N) is 3. The van der Waals surface area contributed by atoms with Crippen LogP contribution in [0.5, 0.6) is 5.75 Å². The third-order valence-electron chi connectivity index (χ3n) is 4.33. The predicted molar refractivity (Wildman–Crippen MR) is 93.1 cm³/mol. The van der Waals surface area contributed by atoms with Gasteiger partial charge in [-0.25, -0.2) is 0 Å². The van der Waals surface area contributed by atoms with Gasteiger partial charge in [0.25, 0.3) is 5.91 Å². The number of aromatic nitrogens is 2. The molecule has 1 aliphatic rings. The molecule has 3 rings (SSSR count). The maximum atomic E-state index is 12.8. The van der Waals surface area contributed by atoms with E-state index in [1.807, 2.05) is 22.9 Å². The summed E-state index contributed by atoms with van der Waals surface area (Å²) in [6, 6.07) is 9.02. The van der Waals surface area contributed by atoms with Crippen LogP contribution in [0.4, 0.5) is 0 Å². The van der Waals surface area contributed by atoms with Crippen molar-refractivity contribution in [1.82, 2.24) is 14.7 Å². The van der Waals surface area contributed by atoms with Crippen molar-refractivity contribution in [2.75, 3.05) is 7.05 Å². The van der Waals surface area contributed by atoms with E-state index in [-0.39, 0.29) is 17.2 Å². The molecule has 0 bridgehead atoms. The summed E-state index contributed by atoms with van der Waals surface area (Å²) in [7, 11) is 1.74. The number of hydrogen-bond acceptors (Lipinski definition) is 3. The van der Waals surface area contributed by atoms with E-state index >= 15 is 0 Å². The molecule has 1 saturated carbocycles. The number of rotatable bonds is 4. The zero-order valence-corrected chi connectivity index (χ0v) is 14.8. The molecule has 0 aliphatic heterocycles. The van der Waals surface area contributed by atoms with Crippen molar-refractivity contribution >= 4 is 5.91 Å². The van der Waals surface area contributed by atoms with Crippen molar-refractivity contribution in [3.63, 3.8) is 0 Å². The fourth-order valence-corrected chi connectivity index (χ4v) is 2.87. The first kappa shape index (κ1) is 16.6. The first-order valence-corrected chi connectivity index (χ1v) is 8.40. The maximum Gasteiger partial charge on any atom is 0.274 e. The molecule has 1 heterocycles. The molecule has 1 N–H and O–H groups in total. The maximum absolute atomic E-state index is 12.8. The minimum atomic E-state index is -0.146. The lowest BCUT2D eigenvalue weighted by Gasteiger charge is -2.22. The molecule has 128 valence electrons. The average Bonchev–Trinajstić information content (AvgIpc) is 3.26. The normalized spacial score (nSPS) is 14.7. The number of phenols is 1. The van der Waals surface area contributed by atoms with Gasteiger partial charge in [0.1, 0.15) is 5.75 Å². The van der Waals surface area contributed by atoms with E-state index < -0.39 is 0 Å². The van der Waals surface area contributed by atoms with E-state index in [0.717, 1.165) is 11.3 Å². The molecule has 0 spiro atoms. The molecule has 1 fully saturated rings. The molecule has 0 saturated heterocycles. The quantitative estimate of drug-likeness (QED) is 0.935. The summed E-state index contributed by atoms with van der Waals surface area (Å²) in [6.07, 6.45) is 2.34. The molecule has 1 aliphatic carbocycles. The molecule has 1 aromatic heterocycles. The Hall–Kier alpha value is -2.30. The molecular formula is C19H25N3O2.